The molecular formula is C11H13N3O. The smallest absolute Gasteiger partial charge is 0.230 e. The predicted molar refractivity (Wildman–Crippen MR) is 58.1 cm³/mol. The molecule has 0 saturated heterocycles. The van der Waals surface area contributed by atoms with E-state index in [4.69, 9.17) is 10.3 Å². The average molecular weight is 203 g/mol. The number of nitrogen functional groups attached to an aromatic ring is 1. The quantitative estimate of drug-likeness (QED) is 0.831. The third kappa shape index (κ3) is 1.83. The molecule has 4 heteroatoms. The summed E-state index contributed by atoms with van der Waals surface area (Å²) in [6, 6.07) is 3.81. The molecule has 0 aromatic carbocycles. The van der Waals surface area contributed by atoms with Gasteiger partial charge in [-0.25, -0.2) is 0 Å². The Morgan fingerprint density at radius 2 is 2.07 bits per heavy atom. The van der Waals surface area contributed by atoms with Crippen LogP contribution in [0.4, 0.5) is 5.88 Å². The van der Waals surface area contributed by atoms with Crippen molar-refractivity contribution in [2.75, 3.05) is 5.73 Å². The fraction of sp³-hybridized carbons (Fsp3) is 0.273. The molecule has 2 aromatic heterocycles. The summed E-state index contributed by atoms with van der Waals surface area (Å²) in [6.45, 7) is 2.10. The van der Waals surface area contributed by atoms with Gasteiger partial charge in [0, 0.05) is 12.4 Å². The lowest BCUT2D eigenvalue weighted by Gasteiger charge is -2.00. The van der Waals surface area contributed by atoms with E-state index in [0.29, 0.717) is 5.88 Å². The molecule has 0 spiro atoms. The Labute approximate surface area is 88.1 Å². The standard InChI is InChI=1S/C11H13N3O/c1-2-3-9-10(11(12)15-14-9)8-4-6-13-7-5-8/h4-7H,2-3,12H2,1H3. The number of rotatable bonds is 3. The highest BCUT2D eigenvalue weighted by Gasteiger charge is 2.14. The summed E-state index contributed by atoms with van der Waals surface area (Å²) in [5.41, 5.74) is 8.58. The zero-order valence-electron chi connectivity index (χ0n) is 8.60. The zero-order chi connectivity index (χ0) is 10.7. The molecule has 78 valence electrons. The minimum atomic E-state index is 0.379. The Morgan fingerprint density at radius 1 is 1.33 bits per heavy atom. The molecule has 0 atom stereocenters. The van der Waals surface area contributed by atoms with Crippen LogP contribution in [0, 0.1) is 0 Å². The van der Waals surface area contributed by atoms with Crippen molar-refractivity contribution < 1.29 is 4.52 Å². The van der Waals surface area contributed by atoms with Crippen LogP contribution in [0.15, 0.2) is 29.0 Å². The van der Waals surface area contributed by atoms with Gasteiger partial charge in [0.1, 0.15) is 0 Å². The number of anilines is 1. The summed E-state index contributed by atoms with van der Waals surface area (Å²) in [4.78, 5) is 3.97. The van der Waals surface area contributed by atoms with Crippen molar-refractivity contribution in [2.24, 2.45) is 0 Å². The largest absolute Gasteiger partial charge is 0.367 e. The Kier molecular flexibility index (Phi) is 2.67. The van der Waals surface area contributed by atoms with E-state index in [2.05, 4.69) is 17.1 Å². The molecule has 0 amide bonds. The SMILES string of the molecule is CCCc1noc(N)c1-c1ccncc1. The zero-order valence-corrected chi connectivity index (χ0v) is 8.60. The van der Waals surface area contributed by atoms with Crippen LogP contribution in [-0.4, -0.2) is 10.1 Å². The third-order valence-corrected chi connectivity index (χ3v) is 2.24. The first kappa shape index (κ1) is 9.71. The topological polar surface area (TPSA) is 64.9 Å². The van der Waals surface area contributed by atoms with Gasteiger partial charge >= 0.3 is 0 Å². The van der Waals surface area contributed by atoms with Crippen molar-refractivity contribution in [1.29, 1.82) is 0 Å². The van der Waals surface area contributed by atoms with E-state index in [0.717, 1.165) is 29.7 Å². The van der Waals surface area contributed by atoms with E-state index < -0.39 is 0 Å². The maximum atomic E-state index is 5.75. The van der Waals surface area contributed by atoms with Gasteiger partial charge in [-0.3, -0.25) is 4.98 Å². The van der Waals surface area contributed by atoms with E-state index >= 15 is 0 Å². The lowest BCUT2D eigenvalue weighted by Crippen LogP contribution is -1.90. The molecule has 15 heavy (non-hydrogen) atoms. The fourth-order valence-corrected chi connectivity index (χ4v) is 1.57. The minimum absolute atomic E-state index is 0.379. The number of hydrogen-bond acceptors (Lipinski definition) is 4. The summed E-state index contributed by atoms with van der Waals surface area (Å²) in [7, 11) is 0. The van der Waals surface area contributed by atoms with Crippen LogP contribution in [0.25, 0.3) is 11.1 Å². The second-order valence-corrected chi connectivity index (χ2v) is 3.35. The summed E-state index contributed by atoms with van der Waals surface area (Å²) in [6.07, 6.45) is 5.36. The number of pyridine rings is 1. The summed E-state index contributed by atoms with van der Waals surface area (Å²) in [5.74, 6) is 0.379. The van der Waals surface area contributed by atoms with Crippen molar-refractivity contribution in [1.82, 2.24) is 10.1 Å². The van der Waals surface area contributed by atoms with Gasteiger partial charge in [-0.05, 0) is 24.1 Å². The Bertz CT molecular complexity index is 436. The van der Waals surface area contributed by atoms with Crippen LogP contribution < -0.4 is 5.73 Å². The highest BCUT2D eigenvalue weighted by molar-refractivity contribution is 5.74. The van der Waals surface area contributed by atoms with E-state index in [1.54, 1.807) is 12.4 Å². The van der Waals surface area contributed by atoms with Gasteiger partial charge in [-0.1, -0.05) is 18.5 Å². The summed E-state index contributed by atoms with van der Waals surface area (Å²) >= 11 is 0. The van der Waals surface area contributed by atoms with Gasteiger partial charge in [0.15, 0.2) is 0 Å². The second-order valence-electron chi connectivity index (χ2n) is 3.35. The van der Waals surface area contributed by atoms with E-state index in [9.17, 15) is 0 Å². The van der Waals surface area contributed by atoms with Gasteiger partial charge in [0.25, 0.3) is 0 Å². The molecule has 0 aliphatic rings. The van der Waals surface area contributed by atoms with Crippen molar-refractivity contribution in [3.05, 3.63) is 30.2 Å². The van der Waals surface area contributed by atoms with E-state index in [1.165, 1.54) is 0 Å². The van der Waals surface area contributed by atoms with Crippen LogP contribution in [0.2, 0.25) is 0 Å². The molecule has 2 N–H and O–H groups in total. The first-order valence-corrected chi connectivity index (χ1v) is 4.97. The number of nitrogens with two attached hydrogens (primary N) is 1. The number of nitrogens with zero attached hydrogens (tertiary/aromatic N) is 2. The lowest BCUT2D eigenvalue weighted by molar-refractivity contribution is 0.427. The highest BCUT2D eigenvalue weighted by Crippen LogP contribution is 2.29. The molecule has 0 radical (unpaired) electrons. The average Bonchev–Trinajstić information content (AvgIpc) is 2.62. The van der Waals surface area contributed by atoms with Gasteiger partial charge in [-0.2, -0.15) is 0 Å². The van der Waals surface area contributed by atoms with Crippen molar-refractivity contribution in [3.63, 3.8) is 0 Å². The molecule has 0 aliphatic heterocycles. The molecule has 2 aromatic rings. The van der Waals surface area contributed by atoms with Gasteiger partial charge in [0.2, 0.25) is 5.88 Å². The summed E-state index contributed by atoms with van der Waals surface area (Å²) in [5, 5.41) is 3.96. The number of aryl methyl sites for hydroxylation is 1. The van der Waals surface area contributed by atoms with E-state index in [-0.39, 0.29) is 0 Å². The molecule has 0 saturated carbocycles. The maximum absolute atomic E-state index is 5.75. The molecular weight excluding hydrogens is 190 g/mol. The Balaban J connectivity index is 2.47. The van der Waals surface area contributed by atoms with Gasteiger partial charge in [-0.15, -0.1) is 0 Å². The third-order valence-electron chi connectivity index (χ3n) is 2.24. The van der Waals surface area contributed by atoms with Crippen molar-refractivity contribution in [2.45, 2.75) is 19.8 Å². The van der Waals surface area contributed by atoms with Crippen LogP contribution in [0.5, 0.6) is 0 Å². The monoisotopic (exact) mass is 203 g/mol. The van der Waals surface area contributed by atoms with Crippen LogP contribution in [0.3, 0.4) is 0 Å². The molecule has 0 bridgehead atoms. The molecule has 4 nitrogen and oxygen atoms in total. The predicted octanol–water partition coefficient (Wildman–Crippen LogP) is 2.27. The number of aromatic nitrogens is 2. The first-order valence-electron chi connectivity index (χ1n) is 4.97. The summed E-state index contributed by atoms with van der Waals surface area (Å²) < 4.78 is 5.01. The Hall–Kier alpha value is -1.84. The maximum Gasteiger partial charge on any atom is 0.230 e. The van der Waals surface area contributed by atoms with Crippen molar-refractivity contribution in [3.8, 4) is 11.1 Å². The molecule has 2 heterocycles. The fourth-order valence-electron chi connectivity index (χ4n) is 1.57. The lowest BCUT2D eigenvalue weighted by atomic mass is 10.0. The van der Waals surface area contributed by atoms with Crippen LogP contribution in [-0.2, 0) is 6.42 Å². The molecule has 0 unspecified atom stereocenters. The normalized spacial score (nSPS) is 10.5. The molecule has 0 aliphatic carbocycles. The second kappa shape index (κ2) is 4.13. The van der Waals surface area contributed by atoms with Crippen LogP contribution >= 0.6 is 0 Å². The van der Waals surface area contributed by atoms with Gasteiger partial charge < -0.3 is 10.3 Å². The highest BCUT2D eigenvalue weighted by atomic mass is 16.5. The van der Waals surface area contributed by atoms with Crippen molar-refractivity contribution >= 4 is 5.88 Å². The molecule has 0 fully saturated rings. The Morgan fingerprint density at radius 3 is 2.73 bits per heavy atom. The van der Waals surface area contributed by atoms with Gasteiger partial charge in [0.05, 0.1) is 11.3 Å². The first-order chi connectivity index (χ1) is 7.33. The van der Waals surface area contributed by atoms with Crippen LogP contribution in [0.1, 0.15) is 19.0 Å². The number of hydrogen-bond donors (Lipinski definition) is 1. The minimum Gasteiger partial charge on any atom is -0.367 e. The molecule has 2 rings (SSSR count). The van der Waals surface area contributed by atoms with E-state index in [1.807, 2.05) is 12.1 Å².